The van der Waals surface area contributed by atoms with Gasteiger partial charge in [0.2, 0.25) is 11.8 Å². The molecule has 1 N–H and O–H groups in total. The Labute approximate surface area is 188 Å². The summed E-state index contributed by atoms with van der Waals surface area (Å²) in [7, 11) is 1.61. The van der Waals surface area contributed by atoms with Crippen LogP contribution in [0.3, 0.4) is 0 Å². The number of amides is 2. The smallest absolute Gasteiger partial charge is 0.242 e. The lowest BCUT2D eigenvalue weighted by Crippen LogP contribution is -2.49. The van der Waals surface area contributed by atoms with Gasteiger partial charge < -0.3 is 15.0 Å². The van der Waals surface area contributed by atoms with Gasteiger partial charge in [0.15, 0.2) is 0 Å². The number of ether oxygens (including phenoxy) is 1. The molecular weight excluding hydrogens is 420 g/mol. The average Bonchev–Trinajstić information content (AvgIpc) is 2.72. The maximum Gasteiger partial charge on any atom is 0.242 e. The minimum absolute atomic E-state index is 0.00693. The second kappa shape index (κ2) is 11.9. The number of nitrogens with zero attached hydrogens (tertiary/aromatic N) is 1. The maximum atomic E-state index is 13.0. The van der Waals surface area contributed by atoms with E-state index in [-0.39, 0.29) is 23.6 Å². The predicted octanol–water partition coefficient (Wildman–Crippen LogP) is 4.52. The molecule has 0 fully saturated rings. The van der Waals surface area contributed by atoms with Crippen molar-refractivity contribution in [3.05, 3.63) is 64.7 Å². The zero-order chi connectivity index (χ0) is 22.1. The molecule has 162 valence electrons. The van der Waals surface area contributed by atoms with Crippen molar-refractivity contribution in [2.45, 2.75) is 45.2 Å². The zero-order valence-electron chi connectivity index (χ0n) is 17.9. The molecule has 7 heteroatoms. The Balaban J connectivity index is 2.08. The van der Waals surface area contributed by atoms with E-state index in [1.54, 1.807) is 18.9 Å². The minimum atomic E-state index is -0.581. The van der Waals surface area contributed by atoms with Gasteiger partial charge in [-0.3, -0.25) is 9.59 Å². The molecule has 2 aromatic rings. The second-order valence-electron chi connectivity index (χ2n) is 7.29. The number of thioether (sulfide) groups is 1. The van der Waals surface area contributed by atoms with Crippen molar-refractivity contribution in [1.82, 2.24) is 10.2 Å². The molecule has 0 aromatic heterocycles. The molecule has 0 heterocycles. The number of methoxy groups -OCH3 is 1. The number of carbonyl (C=O) groups excluding carboxylic acids is 2. The van der Waals surface area contributed by atoms with E-state index in [1.807, 2.05) is 62.4 Å². The lowest BCUT2D eigenvalue weighted by Gasteiger charge is -2.29. The van der Waals surface area contributed by atoms with Gasteiger partial charge >= 0.3 is 0 Å². The van der Waals surface area contributed by atoms with Crippen LogP contribution in [0.2, 0.25) is 5.02 Å². The summed E-state index contributed by atoms with van der Waals surface area (Å²) in [6.45, 7) is 5.92. The first kappa shape index (κ1) is 24.1. The van der Waals surface area contributed by atoms with Crippen LogP contribution >= 0.6 is 23.4 Å². The van der Waals surface area contributed by atoms with Crippen LogP contribution in [-0.4, -0.2) is 41.7 Å². The van der Waals surface area contributed by atoms with E-state index in [9.17, 15) is 9.59 Å². The minimum Gasteiger partial charge on any atom is -0.497 e. The van der Waals surface area contributed by atoms with E-state index < -0.39 is 6.04 Å². The van der Waals surface area contributed by atoms with Crippen LogP contribution in [0.4, 0.5) is 0 Å². The fourth-order valence-corrected chi connectivity index (χ4v) is 4.06. The van der Waals surface area contributed by atoms with Gasteiger partial charge in [0.05, 0.1) is 12.9 Å². The van der Waals surface area contributed by atoms with Crippen LogP contribution in [0.1, 0.15) is 31.9 Å². The van der Waals surface area contributed by atoms with Crippen molar-refractivity contribution in [1.29, 1.82) is 0 Å². The van der Waals surface area contributed by atoms with E-state index in [0.29, 0.717) is 17.3 Å². The normalized spacial score (nSPS) is 11.8. The predicted molar refractivity (Wildman–Crippen MR) is 124 cm³/mol. The van der Waals surface area contributed by atoms with Gasteiger partial charge in [-0.2, -0.15) is 0 Å². The molecule has 0 bridgehead atoms. The summed E-state index contributed by atoms with van der Waals surface area (Å²) in [6, 6.07) is 14.5. The molecule has 2 amide bonds. The number of hydrogen-bond donors (Lipinski definition) is 1. The van der Waals surface area contributed by atoms with Crippen molar-refractivity contribution in [3.63, 3.8) is 0 Å². The molecule has 2 aromatic carbocycles. The Bertz CT molecular complexity index is 843. The fourth-order valence-electron chi connectivity index (χ4n) is 2.86. The van der Waals surface area contributed by atoms with E-state index in [4.69, 9.17) is 16.3 Å². The highest BCUT2D eigenvalue weighted by molar-refractivity contribution is 7.99. The first-order valence-corrected chi connectivity index (χ1v) is 11.4. The monoisotopic (exact) mass is 448 g/mol. The highest BCUT2D eigenvalue weighted by Gasteiger charge is 2.26. The molecule has 1 atom stereocenters. The van der Waals surface area contributed by atoms with E-state index in [0.717, 1.165) is 16.9 Å². The van der Waals surface area contributed by atoms with Gasteiger partial charge in [-0.15, -0.1) is 11.8 Å². The molecule has 0 aliphatic heterocycles. The Hall–Kier alpha value is -2.18. The Morgan fingerprint density at radius 2 is 1.77 bits per heavy atom. The van der Waals surface area contributed by atoms with Crippen LogP contribution in [0.5, 0.6) is 5.75 Å². The standard InChI is InChI=1S/C23H29ClN2O3S/c1-16(2)25-23(28)17(3)26(13-18-9-11-20(29-4)12-10-18)22(27)15-30-14-19-7-5-6-8-21(19)24/h5-12,16-17H,13-15H2,1-4H3,(H,25,28)/t17-/m1/s1. The first-order chi connectivity index (χ1) is 14.3. The zero-order valence-corrected chi connectivity index (χ0v) is 19.4. The molecule has 0 unspecified atom stereocenters. The summed E-state index contributed by atoms with van der Waals surface area (Å²) in [5, 5.41) is 3.59. The third-order valence-corrected chi connectivity index (χ3v) is 5.89. The third kappa shape index (κ3) is 7.26. The highest BCUT2D eigenvalue weighted by atomic mass is 35.5. The maximum absolute atomic E-state index is 13.0. The SMILES string of the molecule is COc1ccc(CN(C(=O)CSCc2ccccc2Cl)[C@H](C)C(=O)NC(C)C)cc1. The summed E-state index contributed by atoms with van der Waals surface area (Å²) in [4.78, 5) is 27.2. The molecule has 2 rings (SSSR count). The van der Waals surface area contributed by atoms with Crippen LogP contribution in [0, 0.1) is 0 Å². The van der Waals surface area contributed by atoms with E-state index in [1.165, 1.54) is 11.8 Å². The Morgan fingerprint density at radius 3 is 2.37 bits per heavy atom. The van der Waals surface area contributed by atoms with Gasteiger partial charge in [-0.05, 0) is 50.1 Å². The number of rotatable bonds is 10. The molecule has 0 saturated carbocycles. The highest BCUT2D eigenvalue weighted by Crippen LogP contribution is 2.22. The molecule has 0 spiro atoms. The summed E-state index contributed by atoms with van der Waals surface area (Å²) in [5.41, 5.74) is 1.92. The quantitative estimate of drug-likeness (QED) is 0.580. The van der Waals surface area contributed by atoms with Gasteiger partial charge in [-0.25, -0.2) is 0 Å². The Kier molecular flexibility index (Phi) is 9.53. The lowest BCUT2D eigenvalue weighted by atomic mass is 10.1. The molecule has 5 nitrogen and oxygen atoms in total. The van der Waals surface area contributed by atoms with Crippen LogP contribution < -0.4 is 10.1 Å². The topological polar surface area (TPSA) is 58.6 Å². The van der Waals surface area contributed by atoms with Crippen LogP contribution in [0.15, 0.2) is 48.5 Å². The number of carbonyl (C=O) groups is 2. The summed E-state index contributed by atoms with van der Waals surface area (Å²) in [5.74, 6) is 1.39. The van der Waals surface area contributed by atoms with Crippen molar-refractivity contribution < 1.29 is 14.3 Å². The number of hydrogen-bond acceptors (Lipinski definition) is 4. The molecule has 0 saturated heterocycles. The van der Waals surface area contributed by atoms with Crippen molar-refractivity contribution in [3.8, 4) is 5.75 Å². The van der Waals surface area contributed by atoms with Gasteiger partial charge in [0.25, 0.3) is 0 Å². The third-order valence-electron chi connectivity index (χ3n) is 4.55. The number of halogens is 1. The number of nitrogens with one attached hydrogen (secondary N) is 1. The summed E-state index contributed by atoms with van der Waals surface area (Å²) < 4.78 is 5.20. The molecule has 0 aliphatic rings. The van der Waals surface area contributed by atoms with Gasteiger partial charge in [0, 0.05) is 23.4 Å². The van der Waals surface area contributed by atoms with Gasteiger partial charge in [0.1, 0.15) is 11.8 Å². The molecule has 0 aliphatic carbocycles. The first-order valence-electron chi connectivity index (χ1n) is 9.85. The van der Waals surface area contributed by atoms with E-state index in [2.05, 4.69) is 5.32 Å². The number of benzene rings is 2. The average molecular weight is 449 g/mol. The molecule has 0 radical (unpaired) electrons. The van der Waals surface area contributed by atoms with Crippen molar-refractivity contribution >= 4 is 35.2 Å². The Morgan fingerprint density at radius 1 is 1.10 bits per heavy atom. The fraction of sp³-hybridized carbons (Fsp3) is 0.391. The van der Waals surface area contributed by atoms with E-state index >= 15 is 0 Å². The second-order valence-corrected chi connectivity index (χ2v) is 8.69. The molecular formula is C23H29ClN2O3S. The van der Waals surface area contributed by atoms with Gasteiger partial charge in [-0.1, -0.05) is 41.9 Å². The largest absolute Gasteiger partial charge is 0.497 e. The molecule has 30 heavy (non-hydrogen) atoms. The summed E-state index contributed by atoms with van der Waals surface area (Å²) in [6.07, 6.45) is 0. The van der Waals surface area contributed by atoms with Crippen LogP contribution in [-0.2, 0) is 21.9 Å². The van der Waals surface area contributed by atoms with Crippen molar-refractivity contribution in [2.24, 2.45) is 0 Å². The van der Waals surface area contributed by atoms with Crippen molar-refractivity contribution in [2.75, 3.05) is 12.9 Å². The summed E-state index contributed by atoms with van der Waals surface area (Å²) >= 11 is 7.69. The van der Waals surface area contributed by atoms with Crippen LogP contribution in [0.25, 0.3) is 0 Å². The lowest BCUT2D eigenvalue weighted by molar-refractivity contribution is -0.138.